The molecule has 1 fully saturated rings. The maximum atomic E-state index is 12.3. The highest BCUT2D eigenvalue weighted by Gasteiger charge is 2.21. The van der Waals surface area contributed by atoms with Crippen LogP contribution in [0.2, 0.25) is 0 Å². The number of nitrogens with one attached hydrogen (secondary N) is 2. The standard InChI is InChI=1S/C17H20N4O/c1-21(2)14-10-8-13(9-11-14)19-17(22)15-4-3-5-16(20-15)18-12-6-7-12/h3-5,8-12H,6-7H2,1-2H3,(H,18,20)(H,19,22). The molecule has 1 aromatic heterocycles. The number of carbonyl (C=O) groups is 1. The van der Waals surface area contributed by atoms with Crippen LogP contribution < -0.4 is 15.5 Å². The Labute approximate surface area is 130 Å². The molecule has 114 valence electrons. The summed E-state index contributed by atoms with van der Waals surface area (Å²) in [5, 5.41) is 6.17. The molecule has 0 atom stereocenters. The number of amides is 1. The number of rotatable bonds is 5. The molecule has 0 unspecified atom stereocenters. The zero-order chi connectivity index (χ0) is 15.5. The predicted octanol–water partition coefficient (Wildman–Crippen LogP) is 2.97. The number of benzene rings is 1. The van der Waals surface area contributed by atoms with Crippen LogP contribution >= 0.6 is 0 Å². The quantitative estimate of drug-likeness (QED) is 0.890. The first-order valence-corrected chi connectivity index (χ1v) is 7.44. The number of pyridine rings is 1. The minimum Gasteiger partial charge on any atom is -0.378 e. The van der Waals surface area contributed by atoms with Crippen molar-refractivity contribution in [1.82, 2.24) is 4.98 Å². The SMILES string of the molecule is CN(C)c1ccc(NC(=O)c2cccc(NC3CC3)n2)cc1. The van der Waals surface area contributed by atoms with Gasteiger partial charge in [-0.3, -0.25) is 4.79 Å². The second-order valence-electron chi connectivity index (χ2n) is 5.72. The molecule has 2 aromatic rings. The monoisotopic (exact) mass is 296 g/mol. The van der Waals surface area contributed by atoms with E-state index in [1.807, 2.05) is 55.4 Å². The Bertz CT molecular complexity index is 663. The van der Waals surface area contributed by atoms with Gasteiger partial charge in [-0.15, -0.1) is 0 Å². The van der Waals surface area contributed by atoms with Crippen molar-refractivity contribution in [2.75, 3.05) is 29.6 Å². The van der Waals surface area contributed by atoms with Crippen LogP contribution in [0.1, 0.15) is 23.3 Å². The summed E-state index contributed by atoms with van der Waals surface area (Å²) in [7, 11) is 3.96. The Hall–Kier alpha value is -2.56. The number of carbonyl (C=O) groups excluding carboxylic acids is 1. The first kappa shape index (κ1) is 14.4. The fraction of sp³-hybridized carbons (Fsp3) is 0.294. The molecule has 3 rings (SSSR count). The highest BCUT2D eigenvalue weighted by atomic mass is 16.1. The largest absolute Gasteiger partial charge is 0.378 e. The Morgan fingerprint density at radius 2 is 1.86 bits per heavy atom. The highest BCUT2D eigenvalue weighted by molar-refractivity contribution is 6.03. The van der Waals surface area contributed by atoms with Crippen LogP contribution in [0.5, 0.6) is 0 Å². The zero-order valence-electron chi connectivity index (χ0n) is 12.8. The van der Waals surface area contributed by atoms with E-state index in [4.69, 9.17) is 0 Å². The second kappa shape index (κ2) is 6.05. The molecule has 1 aliphatic rings. The van der Waals surface area contributed by atoms with Crippen LogP contribution in [-0.4, -0.2) is 31.0 Å². The van der Waals surface area contributed by atoms with Crippen molar-refractivity contribution < 1.29 is 4.79 Å². The van der Waals surface area contributed by atoms with Gasteiger partial charge in [-0.1, -0.05) is 6.07 Å². The van der Waals surface area contributed by atoms with Crippen molar-refractivity contribution in [3.05, 3.63) is 48.2 Å². The van der Waals surface area contributed by atoms with Gasteiger partial charge in [0, 0.05) is 31.5 Å². The molecule has 5 heteroatoms. The maximum Gasteiger partial charge on any atom is 0.274 e. The summed E-state index contributed by atoms with van der Waals surface area (Å²) in [5.74, 6) is 0.565. The minimum absolute atomic E-state index is 0.197. The van der Waals surface area contributed by atoms with E-state index in [-0.39, 0.29) is 5.91 Å². The number of hydrogen-bond donors (Lipinski definition) is 2. The van der Waals surface area contributed by atoms with E-state index in [2.05, 4.69) is 15.6 Å². The van der Waals surface area contributed by atoms with Gasteiger partial charge in [0.05, 0.1) is 0 Å². The first-order chi connectivity index (χ1) is 10.6. The van der Waals surface area contributed by atoms with E-state index < -0.39 is 0 Å². The van der Waals surface area contributed by atoms with Crippen LogP contribution in [-0.2, 0) is 0 Å². The normalized spacial score (nSPS) is 13.5. The summed E-state index contributed by atoms with van der Waals surface area (Å²) < 4.78 is 0. The van der Waals surface area contributed by atoms with Gasteiger partial charge in [0.15, 0.2) is 0 Å². The van der Waals surface area contributed by atoms with Crippen molar-refractivity contribution in [3.8, 4) is 0 Å². The number of aromatic nitrogens is 1. The molecule has 1 amide bonds. The minimum atomic E-state index is -0.197. The van der Waals surface area contributed by atoms with Crippen LogP contribution in [0.25, 0.3) is 0 Å². The lowest BCUT2D eigenvalue weighted by atomic mass is 10.2. The van der Waals surface area contributed by atoms with E-state index in [0.717, 1.165) is 17.2 Å². The summed E-state index contributed by atoms with van der Waals surface area (Å²) >= 11 is 0. The molecule has 0 radical (unpaired) electrons. The summed E-state index contributed by atoms with van der Waals surface area (Å²) in [6.45, 7) is 0. The fourth-order valence-electron chi connectivity index (χ4n) is 2.12. The lowest BCUT2D eigenvalue weighted by molar-refractivity contribution is 0.102. The smallest absolute Gasteiger partial charge is 0.274 e. The van der Waals surface area contributed by atoms with Crippen molar-refractivity contribution in [2.45, 2.75) is 18.9 Å². The van der Waals surface area contributed by atoms with E-state index in [0.29, 0.717) is 11.7 Å². The lowest BCUT2D eigenvalue weighted by Crippen LogP contribution is -2.15. The van der Waals surface area contributed by atoms with Gasteiger partial charge in [0.2, 0.25) is 0 Å². The number of anilines is 3. The zero-order valence-corrected chi connectivity index (χ0v) is 12.8. The van der Waals surface area contributed by atoms with Crippen LogP contribution in [0, 0.1) is 0 Å². The summed E-state index contributed by atoms with van der Waals surface area (Å²) in [4.78, 5) is 18.7. The van der Waals surface area contributed by atoms with Crippen LogP contribution in [0.4, 0.5) is 17.2 Å². The molecule has 1 aromatic carbocycles. The Balaban J connectivity index is 1.68. The molecule has 0 spiro atoms. The van der Waals surface area contributed by atoms with Crippen LogP contribution in [0.3, 0.4) is 0 Å². The Kier molecular flexibility index (Phi) is 3.96. The molecule has 22 heavy (non-hydrogen) atoms. The fourth-order valence-corrected chi connectivity index (χ4v) is 2.12. The second-order valence-corrected chi connectivity index (χ2v) is 5.72. The molecule has 5 nitrogen and oxygen atoms in total. The molecular formula is C17H20N4O. The Morgan fingerprint density at radius 3 is 2.50 bits per heavy atom. The predicted molar refractivity (Wildman–Crippen MR) is 89.6 cm³/mol. The van der Waals surface area contributed by atoms with Crippen molar-refractivity contribution >= 4 is 23.1 Å². The average Bonchev–Trinajstić information content (AvgIpc) is 3.32. The van der Waals surface area contributed by atoms with Gasteiger partial charge in [-0.25, -0.2) is 4.98 Å². The first-order valence-electron chi connectivity index (χ1n) is 7.44. The summed E-state index contributed by atoms with van der Waals surface area (Å²) in [6, 6.07) is 13.7. The van der Waals surface area contributed by atoms with Gasteiger partial charge in [0.1, 0.15) is 11.5 Å². The average molecular weight is 296 g/mol. The molecule has 1 aliphatic carbocycles. The summed E-state index contributed by atoms with van der Waals surface area (Å²) in [5.41, 5.74) is 2.27. The molecule has 1 saturated carbocycles. The molecule has 0 saturated heterocycles. The Morgan fingerprint density at radius 1 is 1.14 bits per heavy atom. The highest BCUT2D eigenvalue weighted by Crippen LogP contribution is 2.23. The van der Waals surface area contributed by atoms with Gasteiger partial charge in [-0.05, 0) is 49.2 Å². The molecule has 0 bridgehead atoms. The third kappa shape index (κ3) is 3.55. The van der Waals surface area contributed by atoms with Gasteiger partial charge >= 0.3 is 0 Å². The third-order valence-electron chi connectivity index (χ3n) is 3.55. The third-order valence-corrected chi connectivity index (χ3v) is 3.55. The molecular weight excluding hydrogens is 276 g/mol. The lowest BCUT2D eigenvalue weighted by Gasteiger charge is -2.13. The van der Waals surface area contributed by atoms with Gasteiger partial charge < -0.3 is 15.5 Å². The van der Waals surface area contributed by atoms with Crippen molar-refractivity contribution in [2.24, 2.45) is 0 Å². The van der Waals surface area contributed by atoms with Crippen molar-refractivity contribution in [3.63, 3.8) is 0 Å². The van der Waals surface area contributed by atoms with Crippen LogP contribution in [0.15, 0.2) is 42.5 Å². The van der Waals surface area contributed by atoms with E-state index in [9.17, 15) is 4.79 Å². The van der Waals surface area contributed by atoms with Crippen molar-refractivity contribution in [1.29, 1.82) is 0 Å². The molecule has 2 N–H and O–H groups in total. The van der Waals surface area contributed by atoms with E-state index in [1.54, 1.807) is 6.07 Å². The van der Waals surface area contributed by atoms with E-state index >= 15 is 0 Å². The summed E-state index contributed by atoms with van der Waals surface area (Å²) in [6.07, 6.45) is 2.35. The van der Waals surface area contributed by atoms with Gasteiger partial charge in [-0.2, -0.15) is 0 Å². The topological polar surface area (TPSA) is 57.3 Å². The molecule has 0 aliphatic heterocycles. The maximum absolute atomic E-state index is 12.3. The van der Waals surface area contributed by atoms with E-state index in [1.165, 1.54) is 12.8 Å². The van der Waals surface area contributed by atoms with Gasteiger partial charge in [0.25, 0.3) is 5.91 Å². The number of nitrogens with zero attached hydrogens (tertiary/aromatic N) is 2. The number of hydrogen-bond acceptors (Lipinski definition) is 4. The molecule has 1 heterocycles.